The average molecular weight is 323 g/mol. The number of halogens is 1. The molecule has 2 aromatic rings. The molecule has 7 heteroatoms. The zero-order chi connectivity index (χ0) is 13.2. The van der Waals surface area contributed by atoms with Gasteiger partial charge < -0.3 is 10.6 Å². The highest BCUT2D eigenvalue weighted by Crippen LogP contribution is 2.21. The van der Waals surface area contributed by atoms with Crippen molar-refractivity contribution >= 4 is 21.9 Å². The van der Waals surface area contributed by atoms with E-state index in [2.05, 4.69) is 41.0 Å². The van der Waals surface area contributed by atoms with E-state index in [-0.39, 0.29) is 0 Å². The van der Waals surface area contributed by atoms with Crippen molar-refractivity contribution in [2.24, 2.45) is 5.73 Å². The summed E-state index contributed by atoms with van der Waals surface area (Å²) in [5.74, 6) is 1.47. The van der Waals surface area contributed by atoms with Gasteiger partial charge in [0.25, 0.3) is 0 Å². The van der Waals surface area contributed by atoms with Crippen LogP contribution in [0.4, 0.5) is 5.95 Å². The Morgan fingerprint density at radius 3 is 2.84 bits per heavy atom. The molecule has 3 N–H and O–H groups in total. The van der Waals surface area contributed by atoms with Gasteiger partial charge in [-0.1, -0.05) is 0 Å². The number of hydrogen-bond donors (Lipinski definition) is 2. The van der Waals surface area contributed by atoms with E-state index in [1.807, 2.05) is 6.07 Å². The van der Waals surface area contributed by atoms with Crippen LogP contribution < -0.4 is 10.6 Å². The molecule has 19 heavy (non-hydrogen) atoms. The molecule has 0 atom stereocenters. The summed E-state index contributed by atoms with van der Waals surface area (Å²) >= 11 is 3.40. The number of H-pyrrole nitrogens is 1. The summed E-state index contributed by atoms with van der Waals surface area (Å²) in [4.78, 5) is 10.8. The fraction of sp³-hybridized carbons (Fsp3) is 0.417. The molecule has 0 aliphatic carbocycles. The maximum atomic E-state index is 5.90. The lowest BCUT2D eigenvalue weighted by Crippen LogP contribution is -2.40. The first kappa shape index (κ1) is 12.6. The van der Waals surface area contributed by atoms with Gasteiger partial charge in [0, 0.05) is 41.6 Å². The summed E-state index contributed by atoms with van der Waals surface area (Å²) in [7, 11) is 0. The van der Waals surface area contributed by atoms with Gasteiger partial charge in [0.2, 0.25) is 5.95 Å². The lowest BCUT2D eigenvalue weighted by molar-refractivity contribution is 0.496. The SMILES string of the molecule is NC1CCN(c2n[nH]c(-c3cncc(Br)c3)n2)CC1. The maximum Gasteiger partial charge on any atom is 0.245 e. The monoisotopic (exact) mass is 322 g/mol. The summed E-state index contributed by atoms with van der Waals surface area (Å²) in [6.07, 6.45) is 5.48. The Labute approximate surface area is 119 Å². The van der Waals surface area contributed by atoms with Crippen molar-refractivity contribution in [3.63, 3.8) is 0 Å². The Morgan fingerprint density at radius 1 is 1.32 bits per heavy atom. The molecule has 0 spiro atoms. The topological polar surface area (TPSA) is 83.7 Å². The third kappa shape index (κ3) is 2.76. The second-order valence-corrected chi connectivity index (χ2v) is 5.62. The fourth-order valence-electron chi connectivity index (χ4n) is 2.16. The highest BCUT2D eigenvalue weighted by atomic mass is 79.9. The zero-order valence-corrected chi connectivity index (χ0v) is 12.0. The molecule has 1 fully saturated rings. The van der Waals surface area contributed by atoms with Crippen LogP contribution in [0.5, 0.6) is 0 Å². The number of nitrogens with zero attached hydrogens (tertiary/aromatic N) is 4. The Morgan fingerprint density at radius 2 is 2.11 bits per heavy atom. The van der Waals surface area contributed by atoms with E-state index in [0.717, 1.165) is 47.7 Å². The third-order valence-corrected chi connectivity index (χ3v) is 3.71. The first-order chi connectivity index (χ1) is 9.22. The Kier molecular flexibility index (Phi) is 3.48. The Hall–Kier alpha value is -1.47. The fourth-order valence-corrected chi connectivity index (χ4v) is 2.53. The molecule has 0 radical (unpaired) electrons. The van der Waals surface area contributed by atoms with Gasteiger partial charge in [-0.25, -0.2) is 0 Å². The summed E-state index contributed by atoms with van der Waals surface area (Å²) < 4.78 is 0.923. The van der Waals surface area contributed by atoms with Gasteiger partial charge in [-0.15, -0.1) is 5.10 Å². The Bertz CT molecular complexity index is 561. The first-order valence-corrected chi connectivity index (χ1v) is 7.05. The quantitative estimate of drug-likeness (QED) is 0.876. The molecule has 6 nitrogen and oxygen atoms in total. The number of anilines is 1. The summed E-state index contributed by atoms with van der Waals surface area (Å²) in [5.41, 5.74) is 6.82. The van der Waals surface area contributed by atoms with Gasteiger partial charge in [0.05, 0.1) is 0 Å². The van der Waals surface area contributed by atoms with Gasteiger partial charge in [0.1, 0.15) is 0 Å². The molecule has 2 aromatic heterocycles. The second kappa shape index (κ2) is 5.26. The predicted octanol–water partition coefficient (Wildman–Crippen LogP) is 1.56. The molecule has 3 heterocycles. The molecule has 3 rings (SSSR count). The predicted molar refractivity (Wildman–Crippen MR) is 76.7 cm³/mol. The number of aromatic nitrogens is 4. The van der Waals surface area contributed by atoms with Crippen LogP contribution in [-0.2, 0) is 0 Å². The third-order valence-electron chi connectivity index (χ3n) is 3.27. The summed E-state index contributed by atoms with van der Waals surface area (Å²) in [6, 6.07) is 2.27. The van der Waals surface area contributed by atoms with Gasteiger partial charge >= 0.3 is 0 Å². The van der Waals surface area contributed by atoms with E-state index in [0.29, 0.717) is 6.04 Å². The smallest absolute Gasteiger partial charge is 0.245 e. The van der Waals surface area contributed by atoms with Crippen LogP contribution in [0.3, 0.4) is 0 Å². The maximum absolute atomic E-state index is 5.90. The molecule has 0 unspecified atom stereocenters. The molecule has 0 amide bonds. The molecule has 0 bridgehead atoms. The standard InChI is InChI=1S/C12H15BrN6/c13-9-5-8(6-15-7-9)11-16-12(18-17-11)19-3-1-10(14)2-4-19/h5-7,10H,1-4,14H2,(H,16,17,18). The van der Waals surface area contributed by atoms with Crippen molar-refractivity contribution in [3.8, 4) is 11.4 Å². The van der Waals surface area contributed by atoms with E-state index in [1.165, 1.54) is 0 Å². The number of nitrogens with two attached hydrogens (primary N) is 1. The van der Waals surface area contributed by atoms with E-state index < -0.39 is 0 Å². The van der Waals surface area contributed by atoms with Crippen molar-refractivity contribution in [2.75, 3.05) is 18.0 Å². The molecule has 1 aliphatic rings. The molecular weight excluding hydrogens is 308 g/mol. The van der Waals surface area contributed by atoms with Crippen molar-refractivity contribution in [3.05, 3.63) is 22.9 Å². The van der Waals surface area contributed by atoms with E-state index >= 15 is 0 Å². The number of rotatable bonds is 2. The van der Waals surface area contributed by atoms with Gasteiger partial charge in [0.15, 0.2) is 5.82 Å². The van der Waals surface area contributed by atoms with E-state index in [4.69, 9.17) is 5.73 Å². The van der Waals surface area contributed by atoms with Crippen LogP contribution in [-0.4, -0.2) is 39.3 Å². The number of aromatic amines is 1. The summed E-state index contributed by atoms with van der Waals surface area (Å²) in [6.45, 7) is 1.82. The summed E-state index contributed by atoms with van der Waals surface area (Å²) in [5, 5.41) is 7.24. The lowest BCUT2D eigenvalue weighted by Gasteiger charge is -2.28. The number of nitrogens with one attached hydrogen (secondary N) is 1. The number of hydrogen-bond acceptors (Lipinski definition) is 5. The van der Waals surface area contributed by atoms with Crippen molar-refractivity contribution < 1.29 is 0 Å². The van der Waals surface area contributed by atoms with Crippen LogP contribution in [0.25, 0.3) is 11.4 Å². The van der Waals surface area contributed by atoms with Crippen LogP contribution in [0.2, 0.25) is 0 Å². The molecule has 1 saturated heterocycles. The van der Waals surface area contributed by atoms with Crippen LogP contribution >= 0.6 is 15.9 Å². The van der Waals surface area contributed by atoms with Crippen molar-refractivity contribution in [1.29, 1.82) is 0 Å². The highest BCUT2D eigenvalue weighted by Gasteiger charge is 2.19. The second-order valence-electron chi connectivity index (χ2n) is 4.70. The highest BCUT2D eigenvalue weighted by molar-refractivity contribution is 9.10. The molecule has 0 aromatic carbocycles. The minimum Gasteiger partial charge on any atom is -0.339 e. The van der Waals surface area contributed by atoms with Gasteiger partial charge in [-0.2, -0.15) is 4.98 Å². The molecular formula is C12H15BrN6. The zero-order valence-electron chi connectivity index (χ0n) is 10.4. The Balaban J connectivity index is 1.80. The largest absolute Gasteiger partial charge is 0.339 e. The normalized spacial score (nSPS) is 16.8. The minimum atomic E-state index is 0.309. The molecule has 0 saturated carbocycles. The average Bonchev–Trinajstić information content (AvgIpc) is 2.89. The lowest BCUT2D eigenvalue weighted by atomic mass is 10.1. The van der Waals surface area contributed by atoms with Gasteiger partial charge in [-0.3, -0.25) is 10.1 Å². The van der Waals surface area contributed by atoms with Crippen LogP contribution in [0, 0.1) is 0 Å². The van der Waals surface area contributed by atoms with Crippen molar-refractivity contribution in [2.45, 2.75) is 18.9 Å². The number of piperidine rings is 1. The molecule has 1 aliphatic heterocycles. The molecule has 100 valence electrons. The van der Waals surface area contributed by atoms with E-state index in [1.54, 1.807) is 12.4 Å². The minimum absolute atomic E-state index is 0.309. The van der Waals surface area contributed by atoms with Crippen LogP contribution in [0.15, 0.2) is 22.9 Å². The van der Waals surface area contributed by atoms with Gasteiger partial charge in [-0.05, 0) is 34.8 Å². The van der Waals surface area contributed by atoms with Crippen LogP contribution in [0.1, 0.15) is 12.8 Å². The first-order valence-electron chi connectivity index (χ1n) is 6.26. The van der Waals surface area contributed by atoms with Crippen molar-refractivity contribution in [1.82, 2.24) is 20.2 Å². The van der Waals surface area contributed by atoms with E-state index in [9.17, 15) is 0 Å². The number of pyridine rings is 1.